The van der Waals surface area contributed by atoms with Gasteiger partial charge in [0.05, 0.1) is 5.92 Å². The topological polar surface area (TPSA) is 55.9 Å². The Kier molecular flexibility index (Phi) is 7.16. The number of carbonyl (C=O) groups excluding carboxylic acids is 2. The molecule has 7 heteroatoms. The molecule has 138 valence electrons. The van der Waals surface area contributed by atoms with Crippen LogP contribution in [0.4, 0.5) is 4.79 Å². The third-order valence-electron chi connectivity index (χ3n) is 5.56. The Hall–Kier alpha value is -1.01. The maximum absolute atomic E-state index is 12.9. The van der Waals surface area contributed by atoms with Crippen LogP contribution in [0.1, 0.15) is 38.5 Å². The summed E-state index contributed by atoms with van der Waals surface area (Å²) in [5, 5.41) is 3.29. The highest BCUT2D eigenvalue weighted by atomic mass is 35.5. The number of likely N-dealkylation sites (tertiary alicyclic amines) is 3. The minimum atomic E-state index is -0.00842. The van der Waals surface area contributed by atoms with Crippen molar-refractivity contribution in [2.45, 2.75) is 44.6 Å². The van der Waals surface area contributed by atoms with Gasteiger partial charge in [-0.05, 0) is 45.6 Å². The summed E-state index contributed by atoms with van der Waals surface area (Å²) in [5.41, 5.74) is 0. The van der Waals surface area contributed by atoms with Gasteiger partial charge < -0.3 is 20.0 Å². The molecule has 3 aliphatic rings. The van der Waals surface area contributed by atoms with E-state index >= 15 is 0 Å². The normalized spacial score (nSPS) is 27.8. The van der Waals surface area contributed by atoms with E-state index in [1.54, 1.807) is 0 Å². The highest BCUT2D eigenvalue weighted by Crippen LogP contribution is 2.23. The first kappa shape index (κ1) is 19.3. The van der Waals surface area contributed by atoms with Crippen LogP contribution in [0.3, 0.4) is 0 Å². The summed E-state index contributed by atoms with van der Waals surface area (Å²) in [6, 6.07) is 0.561. The summed E-state index contributed by atoms with van der Waals surface area (Å²) < 4.78 is 0. The lowest BCUT2D eigenvalue weighted by Gasteiger charge is -2.39. The van der Waals surface area contributed by atoms with Gasteiger partial charge in [0.15, 0.2) is 0 Å². The van der Waals surface area contributed by atoms with Gasteiger partial charge in [-0.2, -0.15) is 0 Å². The number of piperidine rings is 2. The number of nitrogens with one attached hydrogen (secondary N) is 1. The minimum absolute atomic E-state index is 0. The molecule has 0 saturated carbocycles. The van der Waals surface area contributed by atoms with Crippen LogP contribution in [0.2, 0.25) is 0 Å². The highest BCUT2D eigenvalue weighted by molar-refractivity contribution is 5.85. The van der Waals surface area contributed by atoms with Crippen molar-refractivity contribution in [3.63, 3.8) is 0 Å². The van der Waals surface area contributed by atoms with Gasteiger partial charge in [-0.1, -0.05) is 0 Å². The van der Waals surface area contributed by atoms with Gasteiger partial charge in [-0.15, -0.1) is 12.4 Å². The van der Waals surface area contributed by atoms with Crippen molar-refractivity contribution in [1.82, 2.24) is 20.0 Å². The minimum Gasteiger partial charge on any atom is -0.341 e. The maximum Gasteiger partial charge on any atom is 0.320 e. The lowest BCUT2D eigenvalue weighted by atomic mass is 9.95. The number of nitrogens with zero attached hydrogens (tertiary/aromatic N) is 3. The average molecular weight is 359 g/mol. The van der Waals surface area contributed by atoms with Crippen LogP contribution < -0.4 is 5.32 Å². The van der Waals surface area contributed by atoms with E-state index < -0.39 is 0 Å². The molecule has 2 atom stereocenters. The summed E-state index contributed by atoms with van der Waals surface area (Å²) in [7, 11) is 1.97. The van der Waals surface area contributed by atoms with Crippen LogP contribution in [0.5, 0.6) is 0 Å². The number of rotatable bonds is 2. The van der Waals surface area contributed by atoms with Crippen LogP contribution >= 0.6 is 12.4 Å². The molecule has 0 aromatic carbocycles. The summed E-state index contributed by atoms with van der Waals surface area (Å²) in [6.45, 7) is 4.85. The Balaban J connectivity index is 0.00000208. The van der Waals surface area contributed by atoms with E-state index in [1.807, 2.05) is 21.7 Å². The molecular weight excluding hydrogens is 328 g/mol. The molecule has 3 rings (SSSR count). The van der Waals surface area contributed by atoms with Crippen molar-refractivity contribution in [2.24, 2.45) is 5.92 Å². The van der Waals surface area contributed by atoms with Gasteiger partial charge in [0.25, 0.3) is 0 Å². The zero-order valence-corrected chi connectivity index (χ0v) is 15.5. The molecule has 3 saturated heterocycles. The second-order valence-corrected chi connectivity index (χ2v) is 7.17. The quantitative estimate of drug-likeness (QED) is 0.814. The van der Waals surface area contributed by atoms with E-state index in [0.717, 1.165) is 71.2 Å². The van der Waals surface area contributed by atoms with Crippen LogP contribution in [0, 0.1) is 5.92 Å². The fraction of sp³-hybridized carbons (Fsp3) is 0.882. The van der Waals surface area contributed by atoms with E-state index in [2.05, 4.69) is 5.32 Å². The lowest BCUT2D eigenvalue weighted by Crippen LogP contribution is -2.53. The molecule has 0 aromatic heterocycles. The molecule has 3 fully saturated rings. The van der Waals surface area contributed by atoms with Gasteiger partial charge >= 0.3 is 6.03 Å². The predicted octanol–water partition coefficient (Wildman–Crippen LogP) is 1.55. The average Bonchev–Trinajstić information content (AvgIpc) is 3.15. The SMILES string of the molecule is CNC1CCCN(C(=O)C2CCCN(C(=O)N3CCCC3)C2)C1.Cl. The van der Waals surface area contributed by atoms with Crippen LogP contribution in [0.25, 0.3) is 0 Å². The van der Waals surface area contributed by atoms with Crippen molar-refractivity contribution in [3.05, 3.63) is 0 Å². The van der Waals surface area contributed by atoms with E-state index in [1.165, 1.54) is 0 Å². The molecule has 2 unspecified atom stereocenters. The smallest absolute Gasteiger partial charge is 0.320 e. The number of hydrogen-bond donors (Lipinski definition) is 1. The number of hydrogen-bond acceptors (Lipinski definition) is 3. The zero-order valence-electron chi connectivity index (χ0n) is 14.7. The van der Waals surface area contributed by atoms with E-state index in [-0.39, 0.29) is 30.3 Å². The molecule has 1 N–H and O–H groups in total. The third-order valence-corrected chi connectivity index (χ3v) is 5.56. The van der Waals surface area contributed by atoms with Gasteiger partial charge in [-0.25, -0.2) is 4.79 Å². The van der Waals surface area contributed by atoms with Crippen molar-refractivity contribution in [2.75, 3.05) is 46.3 Å². The molecule has 0 bridgehead atoms. The fourth-order valence-corrected chi connectivity index (χ4v) is 4.13. The Morgan fingerprint density at radius 1 is 0.833 bits per heavy atom. The number of likely N-dealkylation sites (N-methyl/N-ethyl adjacent to an activating group) is 1. The maximum atomic E-state index is 12.9. The molecule has 24 heavy (non-hydrogen) atoms. The summed E-state index contributed by atoms with van der Waals surface area (Å²) in [4.78, 5) is 31.3. The molecule has 0 aromatic rings. The second kappa shape index (κ2) is 8.90. The molecule has 3 amide bonds. The second-order valence-electron chi connectivity index (χ2n) is 7.17. The van der Waals surface area contributed by atoms with E-state index in [9.17, 15) is 9.59 Å². The highest BCUT2D eigenvalue weighted by Gasteiger charge is 2.34. The van der Waals surface area contributed by atoms with Crippen molar-refractivity contribution < 1.29 is 9.59 Å². The Morgan fingerprint density at radius 2 is 1.46 bits per heavy atom. The number of halogens is 1. The first-order valence-corrected chi connectivity index (χ1v) is 9.19. The molecule has 3 aliphatic heterocycles. The molecule has 6 nitrogen and oxygen atoms in total. The van der Waals surface area contributed by atoms with Gasteiger partial charge in [0, 0.05) is 45.3 Å². The number of amides is 3. The monoisotopic (exact) mass is 358 g/mol. The lowest BCUT2D eigenvalue weighted by molar-refractivity contribution is -0.138. The summed E-state index contributed by atoms with van der Waals surface area (Å²) in [5.74, 6) is 0.245. The largest absolute Gasteiger partial charge is 0.341 e. The van der Waals surface area contributed by atoms with Gasteiger partial charge in [0.2, 0.25) is 5.91 Å². The van der Waals surface area contributed by atoms with Gasteiger partial charge in [0.1, 0.15) is 0 Å². The Bertz CT molecular complexity index is 442. The fourth-order valence-electron chi connectivity index (χ4n) is 4.13. The first-order valence-electron chi connectivity index (χ1n) is 9.19. The Labute approximate surface area is 151 Å². The number of carbonyl (C=O) groups is 2. The van der Waals surface area contributed by atoms with Crippen LogP contribution in [-0.4, -0.2) is 79.0 Å². The molecular formula is C17H31ClN4O2. The summed E-state index contributed by atoms with van der Waals surface area (Å²) >= 11 is 0. The first-order chi connectivity index (χ1) is 11.2. The van der Waals surface area contributed by atoms with E-state index in [0.29, 0.717) is 12.6 Å². The molecule has 3 heterocycles. The third kappa shape index (κ3) is 4.33. The van der Waals surface area contributed by atoms with E-state index in [4.69, 9.17) is 0 Å². The van der Waals surface area contributed by atoms with Gasteiger partial charge in [-0.3, -0.25) is 4.79 Å². The molecule has 0 radical (unpaired) electrons. The standard InChI is InChI=1S/C17H30N4O2.ClH/c1-18-15-7-5-10-20(13-15)16(22)14-6-4-11-21(12-14)17(23)19-8-2-3-9-19;/h14-15,18H,2-13H2,1H3;1H. The Morgan fingerprint density at radius 3 is 2.17 bits per heavy atom. The van der Waals surface area contributed by atoms with Crippen LogP contribution in [0.15, 0.2) is 0 Å². The molecule has 0 aliphatic carbocycles. The van der Waals surface area contributed by atoms with Crippen LogP contribution in [-0.2, 0) is 4.79 Å². The van der Waals surface area contributed by atoms with Crippen molar-refractivity contribution in [3.8, 4) is 0 Å². The zero-order chi connectivity index (χ0) is 16.2. The summed E-state index contributed by atoms with van der Waals surface area (Å²) in [6.07, 6.45) is 6.30. The number of urea groups is 1. The molecule has 0 spiro atoms. The van der Waals surface area contributed by atoms with Crippen molar-refractivity contribution >= 4 is 24.3 Å². The van der Waals surface area contributed by atoms with Crippen molar-refractivity contribution in [1.29, 1.82) is 0 Å². The predicted molar refractivity (Wildman–Crippen MR) is 96.4 cm³/mol.